The van der Waals surface area contributed by atoms with E-state index in [1.165, 1.54) is 5.56 Å². The Bertz CT molecular complexity index is 194. The Kier molecular flexibility index (Phi) is 7.26. The summed E-state index contributed by atoms with van der Waals surface area (Å²) in [5.74, 6) is 0. The van der Waals surface area contributed by atoms with E-state index in [4.69, 9.17) is 10.8 Å². The summed E-state index contributed by atoms with van der Waals surface area (Å²) in [5.41, 5.74) is 6.31. The molecule has 2 nitrogen and oxygen atoms in total. The Morgan fingerprint density at radius 2 is 1.69 bits per heavy atom. The third-order valence-electron chi connectivity index (χ3n) is 1.24. The van der Waals surface area contributed by atoms with Crippen LogP contribution in [0, 0.1) is 0 Å². The van der Waals surface area contributed by atoms with Gasteiger partial charge in [0, 0.05) is 6.61 Å². The van der Waals surface area contributed by atoms with Crippen LogP contribution in [0.4, 0.5) is 0 Å². The smallest absolute Gasteiger partial charge is 0.0471 e. The van der Waals surface area contributed by atoms with Crippen LogP contribution in [0.25, 0.3) is 0 Å². The summed E-state index contributed by atoms with van der Waals surface area (Å²) in [6.45, 7) is 4.13. The first kappa shape index (κ1) is 12.1. The Morgan fingerprint density at radius 1 is 1.23 bits per heavy atom. The lowest BCUT2D eigenvalue weighted by atomic mass is 10.2. The van der Waals surface area contributed by atoms with E-state index in [1.54, 1.807) is 0 Å². The van der Waals surface area contributed by atoms with Crippen LogP contribution in [-0.2, 0) is 6.42 Å². The molecule has 0 bridgehead atoms. The average Bonchev–Trinajstić information content (AvgIpc) is 2.06. The standard InChI is InChI=1S/C8H10O.C3H9N/c9-7-6-8-4-2-1-3-5-8;1-3(2)4/h1-5,9H,6-7H2;3H,4H2,1-2H3. The normalized spacial score (nSPS) is 9.31. The molecule has 3 N–H and O–H groups in total. The summed E-state index contributed by atoms with van der Waals surface area (Å²) in [6, 6.07) is 10.3. The van der Waals surface area contributed by atoms with E-state index in [0.717, 1.165) is 6.42 Å². The highest BCUT2D eigenvalue weighted by atomic mass is 16.2. The number of hydrogen-bond acceptors (Lipinski definition) is 2. The molecular formula is C11H19NO. The van der Waals surface area contributed by atoms with Crippen LogP contribution in [0.15, 0.2) is 30.3 Å². The molecule has 0 aliphatic carbocycles. The minimum atomic E-state index is 0.240. The lowest BCUT2D eigenvalue weighted by molar-refractivity contribution is 0.299. The number of benzene rings is 1. The number of aliphatic hydroxyl groups excluding tert-OH is 1. The van der Waals surface area contributed by atoms with Gasteiger partial charge in [-0.25, -0.2) is 0 Å². The molecule has 0 atom stereocenters. The first-order valence-electron chi connectivity index (χ1n) is 4.57. The highest BCUT2D eigenvalue weighted by Crippen LogP contribution is 1.97. The fourth-order valence-corrected chi connectivity index (χ4v) is 0.774. The predicted octanol–water partition coefficient (Wildman–Crippen LogP) is 1.57. The summed E-state index contributed by atoms with van der Waals surface area (Å²) in [7, 11) is 0. The first-order chi connectivity index (χ1) is 6.16. The number of nitrogens with two attached hydrogens (primary N) is 1. The van der Waals surface area contributed by atoms with Gasteiger partial charge in [0.15, 0.2) is 0 Å². The zero-order chi connectivity index (χ0) is 10.1. The van der Waals surface area contributed by atoms with Gasteiger partial charge in [-0.1, -0.05) is 44.2 Å². The van der Waals surface area contributed by atoms with Crippen LogP contribution in [0.5, 0.6) is 0 Å². The van der Waals surface area contributed by atoms with Crippen molar-refractivity contribution in [2.75, 3.05) is 6.61 Å². The zero-order valence-electron chi connectivity index (χ0n) is 8.40. The molecule has 1 rings (SSSR count). The first-order valence-corrected chi connectivity index (χ1v) is 4.57. The summed E-state index contributed by atoms with van der Waals surface area (Å²) in [6.07, 6.45) is 0.765. The fraction of sp³-hybridized carbons (Fsp3) is 0.455. The van der Waals surface area contributed by atoms with Crippen molar-refractivity contribution in [2.45, 2.75) is 26.3 Å². The van der Waals surface area contributed by atoms with E-state index in [2.05, 4.69) is 0 Å². The van der Waals surface area contributed by atoms with E-state index in [0.29, 0.717) is 6.04 Å². The third kappa shape index (κ3) is 9.05. The largest absolute Gasteiger partial charge is 0.396 e. The summed E-state index contributed by atoms with van der Waals surface area (Å²) in [4.78, 5) is 0. The second-order valence-corrected chi connectivity index (χ2v) is 3.20. The Morgan fingerprint density at radius 3 is 2.08 bits per heavy atom. The topological polar surface area (TPSA) is 46.2 Å². The van der Waals surface area contributed by atoms with Crippen LogP contribution in [0.2, 0.25) is 0 Å². The van der Waals surface area contributed by atoms with Gasteiger partial charge in [0.2, 0.25) is 0 Å². The van der Waals surface area contributed by atoms with Crippen LogP contribution in [-0.4, -0.2) is 17.8 Å². The summed E-state index contributed by atoms with van der Waals surface area (Å²) < 4.78 is 0. The van der Waals surface area contributed by atoms with Crippen molar-refractivity contribution in [3.8, 4) is 0 Å². The van der Waals surface area contributed by atoms with Crippen molar-refractivity contribution in [3.63, 3.8) is 0 Å². The lowest BCUT2D eigenvalue weighted by Crippen LogP contribution is -2.06. The molecule has 0 radical (unpaired) electrons. The highest BCUT2D eigenvalue weighted by molar-refractivity contribution is 5.14. The van der Waals surface area contributed by atoms with Crippen molar-refractivity contribution in [3.05, 3.63) is 35.9 Å². The van der Waals surface area contributed by atoms with E-state index in [9.17, 15) is 0 Å². The molecule has 0 heterocycles. The van der Waals surface area contributed by atoms with E-state index in [1.807, 2.05) is 44.2 Å². The number of aliphatic hydroxyl groups is 1. The highest BCUT2D eigenvalue weighted by Gasteiger charge is 1.85. The quantitative estimate of drug-likeness (QED) is 0.727. The molecule has 2 heteroatoms. The van der Waals surface area contributed by atoms with Gasteiger partial charge in [0.05, 0.1) is 0 Å². The van der Waals surface area contributed by atoms with E-state index >= 15 is 0 Å². The molecule has 0 spiro atoms. The maximum atomic E-state index is 8.52. The van der Waals surface area contributed by atoms with Crippen LogP contribution >= 0.6 is 0 Å². The van der Waals surface area contributed by atoms with Crippen molar-refractivity contribution < 1.29 is 5.11 Å². The molecule has 1 aromatic carbocycles. The van der Waals surface area contributed by atoms with Gasteiger partial charge in [-0.15, -0.1) is 0 Å². The molecule has 1 aromatic rings. The molecule has 0 amide bonds. The molecule has 74 valence electrons. The van der Waals surface area contributed by atoms with Gasteiger partial charge in [-0.05, 0) is 18.0 Å². The predicted molar refractivity (Wildman–Crippen MR) is 56.6 cm³/mol. The van der Waals surface area contributed by atoms with Gasteiger partial charge < -0.3 is 10.8 Å². The van der Waals surface area contributed by atoms with Gasteiger partial charge in [0.25, 0.3) is 0 Å². The van der Waals surface area contributed by atoms with Crippen LogP contribution in [0.3, 0.4) is 0 Å². The molecule has 0 aliphatic heterocycles. The second kappa shape index (κ2) is 7.77. The molecule has 0 saturated heterocycles. The van der Waals surface area contributed by atoms with Crippen molar-refractivity contribution in [2.24, 2.45) is 5.73 Å². The van der Waals surface area contributed by atoms with Crippen molar-refractivity contribution >= 4 is 0 Å². The van der Waals surface area contributed by atoms with Crippen LogP contribution < -0.4 is 5.73 Å². The van der Waals surface area contributed by atoms with Crippen molar-refractivity contribution in [1.82, 2.24) is 0 Å². The Balaban J connectivity index is 0.000000310. The maximum absolute atomic E-state index is 8.52. The zero-order valence-corrected chi connectivity index (χ0v) is 8.40. The second-order valence-electron chi connectivity index (χ2n) is 3.20. The lowest BCUT2D eigenvalue weighted by Gasteiger charge is -1.93. The monoisotopic (exact) mass is 181 g/mol. The molecule has 0 fully saturated rings. The Hall–Kier alpha value is -0.860. The van der Waals surface area contributed by atoms with Crippen molar-refractivity contribution in [1.29, 1.82) is 0 Å². The molecule has 0 aromatic heterocycles. The van der Waals surface area contributed by atoms with E-state index < -0.39 is 0 Å². The number of rotatable bonds is 2. The van der Waals surface area contributed by atoms with Gasteiger partial charge in [0.1, 0.15) is 0 Å². The minimum absolute atomic E-state index is 0.240. The molecule has 13 heavy (non-hydrogen) atoms. The summed E-state index contributed by atoms with van der Waals surface area (Å²) in [5, 5.41) is 8.52. The maximum Gasteiger partial charge on any atom is 0.0471 e. The molecule has 0 saturated carbocycles. The van der Waals surface area contributed by atoms with Crippen LogP contribution in [0.1, 0.15) is 19.4 Å². The van der Waals surface area contributed by atoms with E-state index in [-0.39, 0.29) is 6.61 Å². The fourth-order valence-electron chi connectivity index (χ4n) is 0.774. The molecule has 0 aliphatic rings. The van der Waals surface area contributed by atoms with Gasteiger partial charge in [-0.3, -0.25) is 0 Å². The Labute approximate surface area is 80.4 Å². The molecule has 0 unspecified atom stereocenters. The van der Waals surface area contributed by atoms with Gasteiger partial charge >= 0.3 is 0 Å². The third-order valence-corrected chi connectivity index (χ3v) is 1.24. The average molecular weight is 181 g/mol. The SMILES string of the molecule is CC(C)N.OCCc1ccccc1. The number of hydrogen-bond donors (Lipinski definition) is 2. The van der Waals surface area contributed by atoms with Gasteiger partial charge in [-0.2, -0.15) is 0 Å². The summed E-state index contributed by atoms with van der Waals surface area (Å²) >= 11 is 0. The molecular weight excluding hydrogens is 162 g/mol. The minimum Gasteiger partial charge on any atom is -0.396 e.